The van der Waals surface area contributed by atoms with E-state index in [0.29, 0.717) is 19.2 Å². The van der Waals surface area contributed by atoms with Crippen molar-refractivity contribution in [3.63, 3.8) is 0 Å². The summed E-state index contributed by atoms with van der Waals surface area (Å²) in [6.07, 6.45) is -3.13. The second-order valence-electron chi connectivity index (χ2n) is 6.26. The molecule has 12 heteroatoms. The molecule has 148 valence electrons. The van der Waals surface area contributed by atoms with Crippen molar-refractivity contribution in [3.8, 4) is 0 Å². The molecule has 3 rings (SSSR count). The first-order chi connectivity index (χ1) is 12.7. The Balaban J connectivity index is 1.82. The molecule has 0 bridgehead atoms. The topological polar surface area (TPSA) is 70.9 Å². The summed E-state index contributed by atoms with van der Waals surface area (Å²) >= 11 is 6.29. The van der Waals surface area contributed by atoms with Gasteiger partial charge in [-0.2, -0.15) is 23.3 Å². The third kappa shape index (κ3) is 4.08. The van der Waals surface area contributed by atoms with E-state index in [4.69, 9.17) is 11.6 Å². The molecule has 0 aromatic carbocycles. The van der Waals surface area contributed by atoms with Crippen LogP contribution in [0.25, 0.3) is 0 Å². The molecular formula is C15H18ClF4N7. The van der Waals surface area contributed by atoms with Crippen LogP contribution in [0.5, 0.6) is 0 Å². The van der Waals surface area contributed by atoms with Gasteiger partial charge in [-0.25, -0.2) is 14.1 Å². The van der Waals surface area contributed by atoms with Gasteiger partial charge in [0.1, 0.15) is 17.6 Å². The number of nitrogens with zero attached hydrogens (tertiary/aromatic N) is 5. The monoisotopic (exact) mass is 407 g/mol. The quantitative estimate of drug-likeness (QED) is 0.757. The normalized spacial score (nSPS) is 21.3. The van der Waals surface area contributed by atoms with Gasteiger partial charge in [-0.3, -0.25) is 0 Å². The van der Waals surface area contributed by atoms with E-state index in [2.05, 4.69) is 25.7 Å². The maximum absolute atomic E-state index is 14.3. The first-order valence-electron chi connectivity index (χ1n) is 8.15. The fourth-order valence-electron chi connectivity index (χ4n) is 2.94. The zero-order chi connectivity index (χ0) is 19.8. The highest BCUT2D eigenvalue weighted by atomic mass is 35.5. The van der Waals surface area contributed by atoms with Crippen LogP contribution in [0.4, 0.5) is 35.0 Å². The van der Waals surface area contributed by atoms with Crippen LogP contribution < -0.4 is 10.6 Å². The van der Waals surface area contributed by atoms with Crippen molar-refractivity contribution in [2.75, 3.05) is 37.8 Å². The van der Waals surface area contributed by atoms with Gasteiger partial charge in [-0.05, 0) is 13.5 Å². The van der Waals surface area contributed by atoms with E-state index in [-0.39, 0.29) is 29.2 Å². The molecule has 0 spiro atoms. The number of rotatable bonds is 4. The van der Waals surface area contributed by atoms with E-state index in [1.54, 1.807) is 0 Å². The van der Waals surface area contributed by atoms with Crippen LogP contribution in [-0.4, -0.2) is 58.0 Å². The minimum Gasteiger partial charge on any atom is -0.372 e. The molecule has 2 N–H and O–H groups in total. The van der Waals surface area contributed by atoms with Crippen molar-refractivity contribution < 1.29 is 17.6 Å². The molecule has 2 aromatic rings. The Morgan fingerprint density at radius 2 is 2.04 bits per heavy atom. The van der Waals surface area contributed by atoms with Crippen molar-refractivity contribution >= 4 is 29.1 Å². The lowest BCUT2D eigenvalue weighted by molar-refractivity contribution is -0.137. The summed E-state index contributed by atoms with van der Waals surface area (Å²) in [6.45, 7) is 0.981. The zero-order valence-electron chi connectivity index (χ0n) is 14.6. The number of hydrogen-bond acceptors (Lipinski definition) is 6. The van der Waals surface area contributed by atoms with E-state index in [9.17, 15) is 17.6 Å². The molecule has 2 aromatic heterocycles. The summed E-state index contributed by atoms with van der Waals surface area (Å²) in [7, 11) is 3.16. The molecular weight excluding hydrogens is 390 g/mol. The number of nitrogens with one attached hydrogen (secondary N) is 2. The predicted molar refractivity (Wildman–Crippen MR) is 93.1 cm³/mol. The molecule has 27 heavy (non-hydrogen) atoms. The standard InChI is InChI=1S/C15H18ClF4N7/c1-21-13-8(15(18,19)20)5-22-14(25-13)24-10-6-23-27(12(10)16)11-3-4-26(2)7-9(11)17/h5-6,9,11H,3-4,7H2,1-2H3,(H2,21,22,24,25). The SMILES string of the molecule is CNc1nc(Nc2cnn(C3CCN(C)CC3F)c2Cl)ncc1C(F)(F)F. The highest BCUT2D eigenvalue weighted by Crippen LogP contribution is 2.35. The van der Waals surface area contributed by atoms with E-state index in [1.165, 1.54) is 17.9 Å². The number of halogens is 5. The molecule has 0 radical (unpaired) electrons. The first-order valence-corrected chi connectivity index (χ1v) is 8.53. The summed E-state index contributed by atoms with van der Waals surface area (Å²) in [5, 5.41) is 9.38. The Kier molecular flexibility index (Phi) is 5.43. The number of hydrogen-bond donors (Lipinski definition) is 2. The number of aromatic nitrogens is 4. The summed E-state index contributed by atoms with van der Waals surface area (Å²) in [5.41, 5.74) is -0.700. The van der Waals surface area contributed by atoms with Crippen LogP contribution in [0.3, 0.4) is 0 Å². The Morgan fingerprint density at radius 3 is 2.67 bits per heavy atom. The number of likely N-dealkylation sites (tertiary alicyclic amines) is 1. The third-order valence-electron chi connectivity index (χ3n) is 4.34. The smallest absolute Gasteiger partial charge is 0.372 e. The van der Waals surface area contributed by atoms with Crippen molar-refractivity contribution in [1.82, 2.24) is 24.6 Å². The van der Waals surface area contributed by atoms with Gasteiger partial charge in [0.15, 0.2) is 5.15 Å². The Labute approximate surface area is 157 Å². The largest absolute Gasteiger partial charge is 0.421 e. The predicted octanol–water partition coefficient (Wildman–Crippen LogP) is 3.35. The van der Waals surface area contributed by atoms with Crippen LogP contribution in [0.1, 0.15) is 18.0 Å². The molecule has 0 amide bonds. The summed E-state index contributed by atoms with van der Waals surface area (Å²) in [6, 6.07) is -0.509. The van der Waals surface area contributed by atoms with Gasteiger partial charge in [0.05, 0.1) is 17.9 Å². The number of alkyl halides is 4. The second kappa shape index (κ2) is 7.47. The lowest BCUT2D eigenvalue weighted by Gasteiger charge is -2.32. The van der Waals surface area contributed by atoms with Gasteiger partial charge >= 0.3 is 6.18 Å². The van der Waals surface area contributed by atoms with Crippen molar-refractivity contribution in [3.05, 3.63) is 23.1 Å². The van der Waals surface area contributed by atoms with Crippen molar-refractivity contribution in [2.24, 2.45) is 0 Å². The highest BCUT2D eigenvalue weighted by Gasteiger charge is 2.35. The molecule has 1 aliphatic rings. The number of anilines is 3. The van der Waals surface area contributed by atoms with Gasteiger partial charge in [0.25, 0.3) is 0 Å². The van der Waals surface area contributed by atoms with Gasteiger partial charge in [0, 0.05) is 26.3 Å². The average Bonchev–Trinajstić information content (AvgIpc) is 2.94. The minimum absolute atomic E-state index is 0.0889. The molecule has 1 aliphatic heterocycles. The Morgan fingerprint density at radius 1 is 1.30 bits per heavy atom. The Hall–Kier alpha value is -2.14. The lowest BCUT2D eigenvalue weighted by atomic mass is 10.0. The minimum atomic E-state index is -4.58. The number of piperidine rings is 1. The zero-order valence-corrected chi connectivity index (χ0v) is 15.3. The molecule has 3 heterocycles. The summed E-state index contributed by atoms with van der Waals surface area (Å²) in [4.78, 5) is 9.37. The third-order valence-corrected chi connectivity index (χ3v) is 4.71. The molecule has 2 atom stereocenters. The fourth-order valence-corrected chi connectivity index (χ4v) is 3.21. The summed E-state index contributed by atoms with van der Waals surface area (Å²) in [5.74, 6) is -0.461. The van der Waals surface area contributed by atoms with Crippen molar-refractivity contribution in [1.29, 1.82) is 0 Å². The molecule has 2 unspecified atom stereocenters. The Bertz CT molecular complexity index is 810. The van der Waals surface area contributed by atoms with Crippen LogP contribution >= 0.6 is 11.6 Å². The lowest BCUT2D eigenvalue weighted by Crippen LogP contribution is -2.40. The molecule has 7 nitrogen and oxygen atoms in total. The van der Waals surface area contributed by atoms with Gasteiger partial charge < -0.3 is 15.5 Å². The van der Waals surface area contributed by atoms with Crippen molar-refractivity contribution in [2.45, 2.75) is 24.8 Å². The van der Waals surface area contributed by atoms with Crippen LogP contribution in [0.15, 0.2) is 12.4 Å². The highest BCUT2D eigenvalue weighted by molar-refractivity contribution is 6.32. The molecule has 1 saturated heterocycles. The van der Waals surface area contributed by atoms with E-state index >= 15 is 0 Å². The van der Waals surface area contributed by atoms with E-state index in [0.717, 1.165) is 0 Å². The molecule has 1 fully saturated rings. The molecule has 0 saturated carbocycles. The van der Waals surface area contributed by atoms with Crippen LogP contribution in [0.2, 0.25) is 5.15 Å². The fraction of sp³-hybridized carbons (Fsp3) is 0.533. The maximum atomic E-state index is 14.3. The average molecular weight is 408 g/mol. The summed E-state index contributed by atoms with van der Waals surface area (Å²) < 4.78 is 54.5. The maximum Gasteiger partial charge on any atom is 0.421 e. The van der Waals surface area contributed by atoms with E-state index in [1.807, 2.05) is 11.9 Å². The molecule has 0 aliphatic carbocycles. The van der Waals surface area contributed by atoms with E-state index < -0.39 is 24.0 Å². The van der Waals surface area contributed by atoms with Crippen LogP contribution in [0, 0.1) is 0 Å². The van der Waals surface area contributed by atoms with Gasteiger partial charge in [-0.15, -0.1) is 0 Å². The van der Waals surface area contributed by atoms with Gasteiger partial charge in [-0.1, -0.05) is 11.6 Å². The van der Waals surface area contributed by atoms with Crippen LogP contribution in [-0.2, 0) is 6.18 Å². The second-order valence-corrected chi connectivity index (χ2v) is 6.61. The first kappa shape index (κ1) is 19.6. The van der Waals surface area contributed by atoms with Gasteiger partial charge in [0.2, 0.25) is 5.95 Å².